The fourth-order valence-corrected chi connectivity index (χ4v) is 3.53. The van der Waals surface area contributed by atoms with Gasteiger partial charge in [0.15, 0.2) is 11.5 Å². The number of aryl methyl sites for hydroxylation is 1. The first-order valence-corrected chi connectivity index (χ1v) is 9.21. The highest BCUT2D eigenvalue weighted by Crippen LogP contribution is 2.41. The molecule has 1 amide bonds. The monoisotopic (exact) mass is 431 g/mol. The number of hydrogen-bond donors (Lipinski definition) is 1. The largest absolute Gasteiger partial charge is 0.503 e. The van der Waals surface area contributed by atoms with Crippen LogP contribution in [0.3, 0.4) is 0 Å². The fourth-order valence-electron chi connectivity index (χ4n) is 3.53. The van der Waals surface area contributed by atoms with Crippen molar-refractivity contribution in [3.05, 3.63) is 94.5 Å². The Kier molecular flexibility index (Phi) is 4.96. The molecule has 1 N–H and O–H groups in total. The molecule has 1 aliphatic rings. The smallest absolute Gasteiger partial charge is 0.416 e. The lowest BCUT2D eigenvalue weighted by atomic mass is 9.99. The van der Waals surface area contributed by atoms with Gasteiger partial charge in [-0.3, -0.25) is 9.59 Å². The Morgan fingerprint density at radius 2 is 1.94 bits per heavy atom. The molecule has 1 aliphatic heterocycles. The van der Waals surface area contributed by atoms with Crippen molar-refractivity contribution in [2.75, 3.05) is 0 Å². The summed E-state index contributed by atoms with van der Waals surface area (Å²) < 4.78 is 50.0. The molecule has 9 heteroatoms. The topological polar surface area (TPSA) is 83.9 Å². The molecule has 1 unspecified atom stereocenters. The number of nitrogens with zero attached hydrogens (tertiary/aromatic N) is 1. The highest BCUT2D eigenvalue weighted by molar-refractivity contribution is 6.14. The van der Waals surface area contributed by atoms with Gasteiger partial charge in [-0.25, -0.2) is 0 Å². The van der Waals surface area contributed by atoms with E-state index in [-0.39, 0.29) is 29.2 Å². The van der Waals surface area contributed by atoms with Crippen molar-refractivity contribution < 1.29 is 36.7 Å². The van der Waals surface area contributed by atoms with E-state index in [9.17, 15) is 27.9 Å². The van der Waals surface area contributed by atoms with Gasteiger partial charge in [0.1, 0.15) is 17.6 Å². The summed E-state index contributed by atoms with van der Waals surface area (Å²) >= 11 is 0. The van der Waals surface area contributed by atoms with Crippen LogP contribution in [0, 0.1) is 6.92 Å². The minimum absolute atomic E-state index is 0.0939. The van der Waals surface area contributed by atoms with Crippen LogP contribution < -0.4 is 0 Å². The van der Waals surface area contributed by atoms with Crippen LogP contribution in [0.15, 0.2) is 75.0 Å². The number of carbonyl (C=O) groups excluding carboxylic acids is 2. The number of benzene rings is 1. The summed E-state index contributed by atoms with van der Waals surface area (Å²) in [6.07, 6.45) is -3.28. The molecule has 3 aromatic rings. The summed E-state index contributed by atoms with van der Waals surface area (Å²) in [6.45, 7) is 1.38. The van der Waals surface area contributed by atoms with Gasteiger partial charge < -0.3 is 18.8 Å². The van der Waals surface area contributed by atoms with Gasteiger partial charge in [0, 0.05) is 6.54 Å². The molecule has 0 bridgehead atoms. The molecular weight excluding hydrogens is 415 g/mol. The SMILES string of the molecule is Cc1ccc(C2C(C(=O)c3ccco3)=C(O)C(=O)N2Cc2cccc(C(F)(F)F)c2)o1. The standard InChI is InChI=1S/C22H16F3NO5/c1-12-7-8-15(31-12)18-17(19(27)16-6-3-9-30-16)20(28)21(29)26(18)11-13-4-2-5-14(10-13)22(23,24)25/h2-10,18,28H,11H2,1H3. The van der Waals surface area contributed by atoms with Gasteiger partial charge in [0.05, 0.1) is 17.4 Å². The van der Waals surface area contributed by atoms with E-state index < -0.39 is 35.2 Å². The number of aliphatic hydroxyl groups excluding tert-OH is 1. The molecule has 4 rings (SSSR count). The summed E-state index contributed by atoms with van der Waals surface area (Å²) in [5.41, 5.74) is -0.955. The molecule has 0 radical (unpaired) electrons. The number of rotatable bonds is 5. The van der Waals surface area contributed by atoms with E-state index >= 15 is 0 Å². The van der Waals surface area contributed by atoms with Crippen LogP contribution in [-0.2, 0) is 17.5 Å². The number of carbonyl (C=O) groups is 2. The lowest BCUT2D eigenvalue weighted by Gasteiger charge is -2.25. The molecule has 1 aromatic carbocycles. The van der Waals surface area contributed by atoms with Crippen molar-refractivity contribution in [3.8, 4) is 0 Å². The fraction of sp³-hybridized carbons (Fsp3) is 0.182. The zero-order chi connectivity index (χ0) is 22.3. The highest BCUT2D eigenvalue weighted by Gasteiger charge is 2.46. The second-order valence-electron chi connectivity index (χ2n) is 7.05. The number of ketones is 1. The van der Waals surface area contributed by atoms with Gasteiger partial charge in [-0.05, 0) is 48.9 Å². The maximum absolute atomic E-state index is 13.1. The van der Waals surface area contributed by atoms with E-state index in [2.05, 4.69) is 0 Å². The molecule has 0 spiro atoms. The third kappa shape index (κ3) is 3.74. The molecule has 0 saturated carbocycles. The summed E-state index contributed by atoms with van der Waals surface area (Å²) in [5, 5.41) is 10.5. The highest BCUT2D eigenvalue weighted by atomic mass is 19.4. The number of amides is 1. The third-order valence-electron chi connectivity index (χ3n) is 4.93. The zero-order valence-corrected chi connectivity index (χ0v) is 16.1. The lowest BCUT2D eigenvalue weighted by molar-refractivity contribution is -0.137. The summed E-state index contributed by atoms with van der Waals surface area (Å²) in [6, 6.07) is 9.39. The number of furan rings is 2. The minimum atomic E-state index is -4.55. The van der Waals surface area contributed by atoms with Crippen LogP contribution in [0.25, 0.3) is 0 Å². The first-order chi connectivity index (χ1) is 14.7. The number of aliphatic hydroxyl groups is 1. The number of halogens is 3. The molecule has 0 aliphatic carbocycles. The van der Waals surface area contributed by atoms with E-state index in [1.807, 2.05) is 0 Å². The van der Waals surface area contributed by atoms with Crippen molar-refractivity contribution in [2.24, 2.45) is 0 Å². The average Bonchev–Trinajstić information content (AvgIpc) is 3.44. The Hall–Kier alpha value is -3.75. The summed E-state index contributed by atoms with van der Waals surface area (Å²) in [7, 11) is 0. The number of Topliss-reactive ketones (excluding diaryl/α,β-unsaturated/α-hetero) is 1. The minimum Gasteiger partial charge on any atom is -0.503 e. The number of hydrogen-bond acceptors (Lipinski definition) is 5. The molecule has 31 heavy (non-hydrogen) atoms. The van der Waals surface area contributed by atoms with Gasteiger partial charge >= 0.3 is 6.18 Å². The quantitative estimate of drug-likeness (QED) is 0.576. The van der Waals surface area contributed by atoms with Crippen LogP contribution >= 0.6 is 0 Å². The molecule has 6 nitrogen and oxygen atoms in total. The Morgan fingerprint density at radius 1 is 1.16 bits per heavy atom. The van der Waals surface area contributed by atoms with Crippen LogP contribution in [0.5, 0.6) is 0 Å². The Bertz CT molecular complexity index is 1170. The first kappa shape index (κ1) is 20.5. The van der Waals surface area contributed by atoms with Crippen molar-refractivity contribution in [1.29, 1.82) is 0 Å². The predicted octanol–water partition coefficient (Wildman–Crippen LogP) is 4.98. The maximum atomic E-state index is 13.1. The van der Waals surface area contributed by atoms with E-state index in [0.29, 0.717) is 5.76 Å². The summed E-state index contributed by atoms with van der Waals surface area (Å²) in [4.78, 5) is 26.9. The van der Waals surface area contributed by atoms with Gasteiger partial charge in [0.25, 0.3) is 5.91 Å². The van der Waals surface area contributed by atoms with Crippen molar-refractivity contribution in [3.63, 3.8) is 0 Å². The average molecular weight is 431 g/mol. The molecule has 1 atom stereocenters. The van der Waals surface area contributed by atoms with Gasteiger partial charge in [-0.15, -0.1) is 0 Å². The molecular formula is C22H16F3NO5. The number of alkyl halides is 3. The van der Waals surface area contributed by atoms with Gasteiger partial charge in [-0.1, -0.05) is 12.1 Å². The zero-order valence-electron chi connectivity index (χ0n) is 16.1. The molecule has 0 fully saturated rings. The van der Waals surface area contributed by atoms with Crippen LogP contribution in [0.2, 0.25) is 0 Å². The molecule has 0 saturated heterocycles. The Labute approximate surface area is 174 Å². The lowest BCUT2D eigenvalue weighted by Crippen LogP contribution is -2.30. The second kappa shape index (κ2) is 7.50. The van der Waals surface area contributed by atoms with E-state index in [0.717, 1.165) is 17.0 Å². The molecule has 160 valence electrons. The van der Waals surface area contributed by atoms with E-state index in [1.165, 1.54) is 30.5 Å². The van der Waals surface area contributed by atoms with Crippen LogP contribution in [-0.4, -0.2) is 21.7 Å². The summed E-state index contributed by atoms with van der Waals surface area (Å²) in [5.74, 6) is -1.82. The molecule has 2 aromatic heterocycles. The molecule has 3 heterocycles. The normalized spacial score (nSPS) is 17.0. The van der Waals surface area contributed by atoms with Crippen molar-refractivity contribution in [2.45, 2.75) is 25.7 Å². The second-order valence-corrected chi connectivity index (χ2v) is 7.05. The van der Waals surface area contributed by atoms with Gasteiger partial charge in [-0.2, -0.15) is 13.2 Å². The van der Waals surface area contributed by atoms with Crippen LogP contribution in [0.1, 0.15) is 39.2 Å². The maximum Gasteiger partial charge on any atom is 0.416 e. The Morgan fingerprint density at radius 3 is 2.55 bits per heavy atom. The Balaban J connectivity index is 1.76. The first-order valence-electron chi connectivity index (χ1n) is 9.21. The third-order valence-corrected chi connectivity index (χ3v) is 4.93. The van der Waals surface area contributed by atoms with E-state index in [1.54, 1.807) is 19.1 Å². The van der Waals surface area contributed by atoms with Crippen molar-refractivity contribution in [1.82, 2.24) is 4.90 Å². The predicted molar refractivity (Wildman–Crippen MR) is 101 cm³/mol. The van der Waals surface area contributed by atoms with Gasteiger partial charge in [0.2, 0.25) is 5.78 Å². The van der Waals surface area contributed by atoms with E-state index in [4.69, 9.17) is 8.83 Å². The van der Waals surface area contributed by atoms with Crippen molar-refractivity contribution >= 4 is 11.7 Å². The van der Waals surface area contributed by atoms with Crippen LogP contribution in [0.4, 0.5) is 13.2 Å².